The van der Waals surface area contributed by atoms with Crippen molar-refractivity contribution in [2.24, 2.45) is 0 Å². The van der Waals surface area contributed by atoms with Crippen LogP contribution >= 0.6 is 0 Å². The molecule has 0 aliphatic heterocycles. The molecule has 1 aromatic heterocycles. The highest BCUT2D eigenvalue weighted by molar-refractivity contribution is 6.01. The lowest BCUT2D eigenvalue weighted by atomic mass is 10.1. The van der Waals surface area contributed by atoms with E-state index in [0.29, 0.717) is 16.8 Å². The average Bonchev–Trinajstić information content (AvgIpc) is 2.70. The molecule has 1 rings (SSSR count). The third-order valence-electron chi connectivity index (χ3n) is 2.74. The van der Waals surface area contributed by atoms with Crippen molar-refractivity contribution in [3.63, 3.8) is 0 Å². The largest absolute Gasteiger partial charge is 0.465 e. The molecule has 0 spiro atoms. The van der Waals surface area contributed by atoms with Crippen LogP contribution in [0.15, 0.2) is 0 Å². The Morgan fingerprint density at radius 1 is 1.26 bits per heavy atom. The van der Waals surface area contributed by atoms with E-state index < -0.39 is 11.9 Å². The van der Waals surface area contributed by atoms with E-state index in [2.05, 4.69) is 20.4 Å². The molecule has 2 amide bonds. The molecular formula is C12H17N3O4. The Balaban J connectivity index is 2.93. The number of H-pyrrole nitrogens is 1. The Hall–Kier alpha value is -2.31. The maximum atomic E-state index is 11.9. The summed E-state index contributed by atoms with van der Waals surface area (Å²) in [5, 5.41) is 4.85. The van der Waals surface area contributed by atoms with Crippen molar-refractivity contribution in [2.75, 3.05) is 20.7 Å². The molecule has 0 aromatic carbocycles. The molecule has 0 atom stereocenters. The van der Waals surface area contributed by atoms with Gasteiger partial charge in [-0.15, -0.1) is 0 Å². The van der Waals surface area contributed by atoms with Gasteiger partial charge in [-0.2, -0.15) is 0 Å². The lowest BCUT2D eigenvalue weighted by Crippen LogP contribution is -2.35. The third kappa shape index (κ3) is 3.12. The maximum Gasteiger partial charge on any atom is 0.339 e. The van der Waals surface area contributed by atoms with Crippen LogP contribution in [0.25, 0.3) is 0 Å². The number of hydrogen-bond acceptors (Lipinski definition) is 4. The topological polar surface area (TPSA) is 100 Å². The average molecular weight is 267 g/mol. The summed E-state index contributed by atoms with van der Waals surface area (Å²) >= 11 is 0. The summed E-state index contributed by atoms with van der Waals surface area (Å²) in [6.45, 7) is 3.19. The summed E-state index contributed by atoms with van der Waals surface area (Å²) < 4.78 is 4.65. The number of aromatic amines is 1. The number of aryl methyl sites for hydroxylation is 1. The third-order valence-corrected chi connectivity index (χ3v) is 2.74. The zero-order valence-corrected chi connectivity index (χ0v) is 11.3. The van der Waals surface area contributed by atoms with Gasteiger partial charge in [0.1, 0.15) is 5.69 Å². The van der Waals surface area contributed by atoms with E-state index in [4.69, 9.17) is 0 Å². The first kappa shape index (κ1) is 14.7. The molecule has 7 nitrogen and oxygen atoms in total. The van der Waals surface area contributed by atoms with Crippen molar-refractivity contribution in [1.82, 2.24) is 15.6 Å². The minimum absolute atomic E-state index is 0.125. The maximum absolute atomic E-state index is 11.9. The van der Waals surface area contributed by atoms with Gasteiger partial charge in [-0.25, -0.2) is 4.79 Å². The van der Waals surface area contributed by atoms with Crippen molar-refractivity contribution in [1.29, 1.82) is 0 Å². The summed E-state index contributed by atoms with van der Waals surface area (Å²) in [6.07, 6.45) is 0. The summed E-state index contributed by atoms with van der Waals surface area (Å²) in [6, 6.07) is 0. The Morgan fingerprint density at radius 2 is 1.89 bits per heavy atom. The van der Waals surface area contributed by atoms with E-state index in [1.807, 2.05) is 0 Å². The number of esters is 1. The molecule has 0 unspecified atom stereocenters. The highest BCUT2D eigenvalue weighted by Gasteiger charge is 2.22. The van der Waals surface area contributed by atoms with Crippen molar-refractivity contribution in [2.45, 2.75) is 13.8 Å². The highest BCUT2D eigenvalue weighted by Crippen LogP contribution is 2.18. The zero-order valence-electron chi connectivity index (χ0n) is 11.3. The van der Waals surface area contributed by atoms with Crippen LogP contribution in [0.3, 0.4) is 0 Å². The van der Waals surface area contributed by atoms with Crippen LogP contribution in [0, 0.1) is 13.8 Å². The number of rotatable bonds is 4. The minimum atomic E-state index is -0.503. The van der Waals surface area contributed by atoms with Gasteiger partial charge in [0.25, 0.3) is 5.91 Å². The number of carbonyl (C=O) groups excluding carboxylic acids is 3. The first-order valence-electron chi connectivity index (χ1n) is 5.68. The molecule has 0 fully saturated rings. The predicted octanol–water partition coefficient (Wildman–Crippen LogP) is -0.106. The van der Waals surface area contributed by atoms with Gasteiger partial charge in [-0.3, -0.25) is 9.59 Å². The number of nitrogens with one attached hydrogen (secondary N) is 3. The molecule has 104 valence electrons. The number of methoxy groups -OCH3 is 1. The number of amides is 2. The zero-order chi connectivity index (χ0) is 14.6. The Morgan fingerprint density at radius 3 is 2.42 bits per heavy atom. The summed E-state index contributed by atoms with van der Waals surface area (Å²) in [7, 11) is 2.76. The van der Waals surface area contributed by atoms with Crippen molar-refractivity contribution in [3.8, 4) is 0 Å². The number of hydrogen-bond donors (Lipinski definition) is 3. The van der Waals surface area contributed by atoms with Gasteiger partial charge < -0.3 is 20.4 Å². The normalized spacial score (nSPS) is 9.89. The van der Waals surface area contributed by atoms with Gasteiger partial charge in [0.2, 0.25) is 5.91 Å². The van der Waals surface area contributed by atoms with Crippen LogP contribution in [0.5, 0.6) is 0 Å². The predicted molar refractivity (Wildman–Crippen MR) is 68.0 cm³/mol. The second kappa shape index (κ2) is 6.03. The Labute approximate surface area is 110 Å². The van der Waals surface area contributed by atoms with Gasteiger partial charge in [0, 0.05) is 12.7 Å². The molecule has 7 heteroatoms. The van der Waals surface area contributed by atoms with Crippen molar-refractivity contribution >= 4 is 17.8 Å². The lowest BCUT2D eigenvalue weighted by Gasteiger charge is -2.04. The molecule has 1 heterocycles. The van der Waals surface area contributed by atoms with Crippen molar-refractivity contribution < 1.29 is 19.1 Å². The molecule has 1 aromatic rings. The fourth-order valence-electron chi connectivity index (χ4n) is 1.72. The van der Waals surface area contributed by atoms with Gasteiger partial charge in [0.05, 0.1) is 19.2 Å². The van der Waals surface area contributed by atoms with Gasteiger partial charge >= 0.3 is 5.97 Å². The van der Waals surface area contributed by atoms with Crippen LogP contribution in [0.1, 0.15) is 32.1 Å². The highest BCUT2D eigenvalue weighted by atomic mass is 16.5. The van der Waals surface area contributed by atoms with Crippen molar-refractivity contribution in [3.05, 3.63) is 22.5 Å². The van der Waals surface area contributed by atoms with E-state index in [-0.39, 0.29) is 18.1 Å². The second-order valence-corrected chi connectivity index (χ2v) is 3.97. The second-order valence-electron chi connectivity index (χ2n) is 3.97. The van der Waals surface area contributed by atoms with Crippen LogP contribution in [-0.4, -0.2) is 43.5 Å². The van der Waals surface area contributed by atoms with Gasteiger partial charge in [-0.1, -0.05) is 0 Å². The van der Waals surface area contributed by atoms with Gasteiger partial charge in [-0.05, 0) is 19.4 Å². The molecule has 19 heavy (non-hydrogen) atoms. The van der Waals surface area contributed by atoms with Gasteiger partial charge in [0.15, 0.2) is 0 Å². The Bertz CT molecular complexity index is 519. The van der Waals surface area contributed by atoms with E-state index in [0.717, 1.165) is 0 Å². The fourth-order valence-corrected chi connectivity index (χ4v) is 1.72. The minimum Gasteiger partial charge on any atom is -0.465 e. The van der Waals surface area contributed by atoms with E-state index in [9.17, 15) is 14.4 Å². The lowest BCUT2D eigenvalue weighted by molar-refractivity contribution is -0.119. The standard InChI is InChI=1S/C12H17N3O4/c1-6-9(12(18)19-4)7(2)15-10(6)11(17)14-5-8(16)13-3/h15H,5H2,1-4H3,(H,13,16)(H,14,17). The molecule has 0 saturated carbocycles. The quantitative estimate of drug-likeness (QED) is 0.663. The Kier molecular flexibility index (Phi) is 4.68. The number of likely N-dealkylation sites (N-methyl/N-ethyl adjacent to an activating group) is 1. The molecular weight excluding hydrogens is 250 g/mol. The molecule has 0 aliphatic rings. The molecule has 0 aliphatic carbocycles. The first-order chi connectivity index (χ1) is 8.92. The number of aromatic nitrogens is 1. The van der Waals surface area contributed by atoms with E-state index >= 15 is 0 Å². The summed E-state index contributed by atoms with van der Waals surface area (Å²) in [5.41, 5.74) is 1.64. The summed E-state index contributed by atoms with van der Waals surface area (Å²) in [4.78, 5) is 37.3. The monoisotopic (exact) mass is 267 g/mol. The number of ether oxygens (including phenoxy) is 1. The first-order valence-corrected chi connectivity index (χ1v) is 5.68. The summed E-state index contributed by atoms with van der Waals surface area (Å²) in [5.74, 6) is -1.25. The smallest absolute Gasteiger partial charge is 0.339 e. The van der Waals surface area contributed by atoms with E-state index in [1.54, 1.807) is 13.8 Å². The number of carbonyl (C=O) groups is 3. The molecule has 0 saturated heterocycles. The van der Waals surface area contributed by atoms with Crippen LogP contribution in [0.2, 0.25) is 0 Å². The molecule has 3 N–H and O–H groups in total. The SMILES string of the molecule is CNC(=O)CNC(=O)c1[nH]c(C)c(C(=O)OC)c1C. The van der Waals surface area contributed by atoms with E-state index in [1.165, 1.54) is 14.2 Å². The van der Waals surface area contributed by atoms with Crippen LogP contribution < -0.4 is 10.6 Å². The van der Waals surface area contributed by atoms with Crippen LogP contribution in [-0.2, 0) is 9.53 Å². The molecule has 0 radical (unpaired) electrons. The molecule has 0 bridgehead atoms. The fraction of sp³-hybridized carbons (Fsp3) is 0.417. The van der Waals surface area contributed by atoms with Crippen LogP contribution in [0.4, 0.5) is 0 Å².